The van der Waals surface area contributed by atoms with Crippen LogP contribution in [0.2, 0.25) is 5.02 Å². The van der Waals surface area contributed by atoms with Crippen LogP contribution in [0.1, 0.15) is 24.2 Å². The minimum Gasteiger partial charge on any atom is -0.343 e. The molecular weight excluding hydrogens is 379 g/mol. The standard InChI is InChI=1S/C13H16ClIN2O2/c1-3-17(4-2)12(18)8-16-13(19)9-5-6-11(15)10(14)7-9/h5-7H,3-4,8H2,1-2H3,(H,16,19). The molecule has 4 nitrogen and oxygen atoms in total. The number of nitrogens with one attached hydrogen (secondary N) is 1. The van der Waals surface area contributed by atoms with Gasteiger partial charge in [-0.25, -0.2) is 0 Å². The highest BCUT2D eigenvalue weighted by Gasteiger charge is 2.12. The van der Waals surface area contributed by atoms with Crippen molar-refractivity contribution in [3.63, 3.8) is 0 Å². The molecule has 0 spiro atoms. The van der Waals surface area contributed by atoms with E-state index < -0.39 is 0 Å². The molecule has 0 aliphatic carbocycles. The molecule has 0 saturated heterocycles. The van der Waals surface area contributed by atoms with Crippen LogP contribution < -0.4 is 5.32 Å². The smallest absolute Gasteiger partial charge is 0.251 e. The predicted molar refractivity (Wildman–Crippen MR) is 84.4 cm³/mol. The van der Waals surface area contributed by atoms with Crippen molar-refractivity contribution in [1.82, 2.24) is 10.2 Å². The summed E-state index contributed by atoms with van der Waals surface area (Å²) >= 11 is 8.04. The lowest BCUT2D eigenvalue weighted by Crippen LogP contribution is -2.40. The summed E-state index contributed by atoms with van der Waals surface area (Å²) in [6, 6.07) is 5.05. The molecule has 1 rings (SSSR count). The Balaban J connectivity index is 2.60. The zero-order chi connectivity index (χ0) is 14.4. The summed E-state index contributed by atoms with van der Waals surface area (Å²) < 4.78 is 0.884. The van der Waals surface area contributed by atoms with Gasteiger partial charge in [0.15, 0.2) is 0 Å². The molecule has 6 heteroatoms. The van der Waals surface area contributed by atoms with E-state index in [1.807, 2.05) is 13.8 Å². The highest BCUT2D eigenvalue weighted by atomic mass is 127. The molecule has 0 radical (unpaired) electrons. The van der Waals surface area contributed by atoms with E-state index in [1.54, 1.807) is 23.1 Å². The van der Waals surface area contributed by atoms with E-state index in [-0.39, 0.29) is 18.4 Å². The first-order valence-electron chi connectivity index (χ1n) is 6.00. The number of nitrogens with zero attached hydrogens (tertiary/aromatic N) is 1. The van der Waals surface area contributed by atoms with Gasteiger partial charge in [0.25, 0.3) is 5.91 Å². The Labute approximate surface area is 131 Å². The lowest BCUT2D eigenvalue weighted by molar-refractivity contribution is -0.129. The molecule has 0 heterocycles. The SMILES string of the molecule is CCN(CC)C(=O)CNC(=O)c1ccc(I)c(Cl)c1. The summed E-state index contributed by atoms with van der Waals surface area (Å²) in [5, 5.41) is 3.13. The van der Waals surface area contributed by atoms with E-state index in [0.29, 0.717) is 23.7 Å². The minimum atomic E-state index is -0.293. The topological polar surface area (TPSA) is 49.4 Å². The maximum Gasteiger partial charge on any atom is 0.251 e. The molecule has 0 unspecified atom stereocenters. The van der Waals surface area contributed by atoms with Gasteiger partial charge in [-0.2, -0.15) is 0 Å². The maximum atomic E-state index is 11.9. The molecule has 19 heavy (non-hydrogen) atoms. The second-order valence-corrected chi connectivity index (χ2v) is 5.45. The Morgan fingerprint density at radius 2 is 1.95 bits per heavy atom. The van der Waals surface area contributed by atoms with Crippen molar-refractivity contribution in [2.24, 2.45) is 0 Å². The van der Waals surface area contributed by atoms with Crippen molar-refractivity contribution in [2.45, 2.75) is 13.8 Å². The molecule has 2 amide bonds. The molecule has 1 aromatic rings. The average molecular weight is 395 g/mol. The van der Waals surface area contributed by atoms with Crippen LogP contribution in [0.4, 0.5) is 0 Å². The van der Waals surface area contributed by atoms with Gasteiger partial charge in [0, 0.05) is 22.2 Å². The number of hydrogen-bond acceptors (Lipinski definition) is 2. The Bertz CT molecular complexity index is 476. The molecule has 0 fully saturated rings. The first-order valence-corrected chi connectivity index (χ1v) is 7.46. The predicted octanol–water partition coefficient (Wildman–Crippen LogP) is 2.54. The number of rotatable bonds is 5. The fourth-order valence-corrected chi connectivity index (χ4v) is 2.10. The van der Waals surface area contributed by atoms with Crippen LogP contribution in [0.5, 0.6) is 0 Å². The van der Waals surface area contributed by atoms with Gasteiger partial charge in [-0.1, -0.05) is 11.6 Å². The van der Waals surface area contributed by atoms with Gasteiger partial charge in [-0.05, 0) is 54.6 Å². The lowest BCUT2D eigenvalue weighted by Gasteiger charge is -2.18. The number of halogens is 2. The Morgan fingerprint density at radius 3 is 2.47 bits per heavy atom. The molecule has 0 aliphatic rings. The van der Waals surface area contributed by atoms with Gasteiger partial charge in [0.05, 0.1) is 11.6 Å². The van der Waals surface area contributed by atoms with Crippen molar-refractivity contribution in [3.05, 3.63) is 32.4 Å². The van der Waals surface area contributed by atoms with Gasteiger partial charge in [0.2, 0.25) is 5.91 Å². The van der Waals surface area contributed by atoms with Gasteiger partial charge in [-0.15, -0.1) is 0 Å². The normalized spacial score (nSPS) is 10.1. The quantitative estimate of drug-likeness (QED) is 0.780. The van der Waals surface area contributed by atoms with Crippen molar-refractivity contribution < 1.29 is 9.59 Å². The van der Waals surface area contributed by atoms with Crippen LogP contribution in [0.15, 0.2) is 18.2 Å². The van der Waals surface area contributed by atoms with Crippen LogP contribution in [-0.2, 0) is 4.79 Å². The van der Waals surface area contributed by atoms with E-state index in [1.165, 1.54) is 0 Å². The molecule has 0 atom stereocenters. The van der Waals surface area contributed by atoms with Crippen molar-refractivity contribution in [1.29, 1.82) is 0 Å². The summed E-state index contributed by atoms with van der Waals surface area (Å²) in [7, 11) is 0. The van der Waals surface area contributed by atoms with Crippen LogP contribution in [0.25, 0.3) is 0 Å². The van der Waals surface area contributed by atoms with Crippen LogP contribution in [0, 0.1) is 3.57 Å². The summed E-state index contributed by atoms with van der Waals surface area (Å²) in [4.78, 5) is 25.3. The van der Waals surface area contributed by atoms with E-state index in [0.717, 1.165) is 3.57 Å². The second-order valence-electron chi connectivity index (χ2n) is 3.88. The van der Waals surface area contributed by atoms with Crippen molar-refractivity contribution in [3.8, 4) is 0 Å². The third-order valence-corrected chi connectivity index (χ3v) is 4.27. The van der Waals surface area contributed by atoms with Crippen LogP contribution >= 0.6 is 34.2 Å². The van der Waals surface area contributed by atoms with Crippen LogP contribution in [-0.4, -0.2) is 36.3 Å². The summed E-state index contributed by atoms with van der Waals surface area (Å²) in [6.45, 7) is 5.09. The molecule has 0 bridgehead atoms. The molecule has 0 saturated carbocycles. The second kappa shape index (κ2) is 7.69. The van der Waals surface area contributed by atoms with Crippen molar-refractivity contribution in [2.75, 3.05) is 19.6 Å². The third-order valence-electron chi connectivity index (χ3n) is 2.70. The number of benzene rings is 1. The Kier molecular flexibility index (Phi) is 6.57. The number of carbonyl (C=O) groups is 2. The van der Waals surface area contributed by atoms with Crippen LogP contribution in [0.3, 0.4) is 0 Å². The van der Waals surface area contributed by atoms with Gasteiger partial charge in [0.1, 0.15) is 0 Å². The molecule has 1 N–H and O–H groups in total. The summed E-state index contributed by atoms with van der Waals surface area (Å²) in [6.07, 6.45) is 0. The first-order chi connectivity index (χ1) is 8.99. The third kappa shape index (κ3) is 4.65. The number of hydrogen-bond donors (Lipinski definition) is 1. The van der Waals surface area contributed by atoms with Crippen molar-refractivity contribution >= 4 is 46.0 Å². The zero-order valence-electron chi connectivity index (χ0n) is 10.9. The molecule has 0 aliphatic heterocycles. The Morgan fingerprint density at radius 1 is 1.32 bits per heavy atom. The lowest BCUT2D eigenvalue weighted by atomic mass is 10.2. The summed E-state index contributed by atoms with van der Waals surface area (Å²) in [5.74, 6) is -0.381. The largest absolute Gasteiger partial charge is 0.343 e. The molecule has 104 valence electrons. The number of likely N-dealkylation sites (N-methyl/N-ethyl adjacent to an activating group) is 1. The van der Waals surface area contributed by atoms with Gasteiger partial charge >= 0.3 is 0 Å². The molecular formula is C13H16ClIN2O2. The first kappa shape index (κ1) is 16.2. The fourth-order valence-electron chi connectivity index (χ4n) is 1.58. The highest BCUT2D eigenvalue weighted by Crippen LogP contribution is 2.19. The van der Waals surface area contributed by atoms with E-state index in [2.05, 4.69) is 27.9 Å². The monoisotopic (exact) mass is 394 g/mol. The van der Waals surface area contributed by atoms with E-state index in [4.69, 9.17) is 11.6 Å². The Hall–Kier alpha value is -0.820. The fraction of sp³-hybridized carbons (Fsp3) is 0.385. The maximum absolute atomic E-state index is 11.9. The number of amides is 2. The van der Waals surface area contributed by atoms with Gasteiger partial charge < -0.3 is 10.2 Å². The average Bonchev–Trinajstić information content (AvgIpc) is 2.40. The number of carbonyl (C=O) groups excluding carboxylic acids is 2. The molecule has 0 aromatic heterocycles. The van der Waals surface area contributed by atoms with Gasteiger partial charge in [-0.3, -0.25) is 9.59 Å². The van der Waals surface area contributed by atoms with E-state index >= 15 is 0 Å². The minimum absolute atomic E-state index is 0.00409. The summed E-state index contributed by atoms with van der Waals surface area (Å²) in [5.41, 5.74) is 0.456. The highest BCUT2D eigenvalue weighted by molar-refractivity contribution is 14.1. The van der Waals surface area contributed by atoms with E-state index in [9.17, 15) is 9.59 Å². The molecule has 1 aromatic carbocycles. The zero-order valence-corrected chi connectivity index (χ0v) is 13.8.